The Morgan fingerprint density at radius 1 is 0.893 bits per heavy atom. The van der Waals surface area contributed by atoms with Gasteiger partial charge in [-0.3, -0.25) is 0 Å². The molecule has 0 N–H and O–H groups in total. The Kier molecular flexibility index (Phi) is 7.48. The van der Waals surface area contributed by atoms with Crippen molar-refractivity contribution in [2.24, 2.45) is 23.7 Å². The van der Waals surface area contributed by atoms with E-state index < -0.39 is 6.36 Å². The molecule has 0 bridgehead atoms. The van der Waals surface area contributed by atoms with E-state index in [2.05, 4.69) is 17.7 Å². The average molecular weight is 395 g/mol. The Morgan fingerprint density at radius 3 is 2.00 bits per heavy atom. The van der Waals surface area contributed by atoms with Crippen molar-refractivity contribution < 1.29 is 17.9 Å². The van der Waals surface area contributed by atoms with Crippen LogP contribution in [0.4, 0.5) is 13.2 Å². The van der Waals surface area contributed by atoms with E-state index in [1.165, 1.54) is 76.3 Å². The van der Waals surface area contributed by atoms with Crippen LogP contribution >= 0.6 is 0 Å². The summed E-state index contributed by atoms with van der Waals surface area (Å²) in [4.78, 5) is 0. The molecule has 28 heavy (non-hydrogen) atoms. The third kappa shape index (κ3) is 6.56. The Labute approximate surface area is 167 Å². The van der Waals surface area contributed by atoms with Crippen LogP contribution in [0.5, 0.6) is 5.75 Å². The molecular formula is C24H33F3O. The number of halogens is 3. The number of hydrogen-bond acceptors (Lipinski definition) is 1. The van der Waals surface area contributed by atoms with Crippen molar-refractivity contribution in [1.82, 2.24) is 0 Å². The second-order valence-corrected chi connectivity index (χ2v) is 8.72. The molecule has 0 saturated heterocycles. The van der Waals surface area contributed by atoms with Gasteiger partial charge in [-0.2, -0.15) is 0 Å². The first-order valence-corrected chi connectivity index (χ1v) is 11.0. The molecule has 4 heteroatoms. The molecule has 156 valence electrons. The van der Waals surface area contributed by atoms with Gasteiger partial charge < -0.3 is 4.74 Å². The van der Waals surface area contributed by atoms with Crippen LogP contribution in [-0.2, 0) is 0 Å². The van der Waals surface area contributed by atoms with Crippen LogP contribution in [0.3, 0.4) is 0 Å². The molecule has 0 atom stereocenters. The molecule has 0 aromatic heterocycles. The van der Waals surface area contributed by atoms with Crippen molar-refractivity contribution in [3.05, 3.63) is 35.9 Å². The van der Waals surface area contributed by atoms with Gasteiger partial charge in [-0.15, -0.1) is 13.2 Å². The summed E-state index contributed by atoms with van der Waals surface area (Å²) in [6.45, 7) is 2.30. The van der Waals surface area contributed by atoms with E-state index in [-0.39, 0.29) is 5.75 Å². The second-order valence-electron chi connectivity index (χ2n) is 8.72. The highest BCUT2D eigenvalue weighted by molar-refractivity contribution is 5.50. The van der Waals surface area contributed by atoms with Gasteiger partial charge in [0, 0.05) is 0 Å². The quantitative estimate of drug-likeness (QED) is 0.475. The summed E-state index contributed by atoms with van der Waals surface area (Å²) in [5, 5.41) is 0. The predicted octanol–water partition coefficient (Wildman–Crippen LogP) is 8.01. The zero-order valence-corrected chi connectivity index (χ0v) is 16.9. The number of ether oxygens (including phenoxy) is 1. The minimum atomic E-state index is -4.63. The van der Waals surface area contributed by atoms with Gasteiger partial charge in [-0.25, -0.2) is 0 Å². The highest BCUT2D eigenvalue weighted by atomic mass is 19.4. The van der Waals surface area contributed by atoms with Gasteiger partial charge in [0.1, 0.15) is 5.75 Å². The zero-order valence-electron chi connectivity index (χ0n) is 16.9. The van der Waals surface area contributed by atoms with Gasteiger partial charge in [0.25, 0.3) is 0 Å². The number of hydrogen-bond donors (Lipinski definition) is 0. The summed E-state index contributed by atoms with van der Waals surface area (Å²) in [7, 11) is 0. The van der Waals surface area contributed by atoms with E-state index in [4.69, 9.17) is 0 Å². The molecule has 0 unspecified atom stereocenters. The normalized spacial score (nSPS) is 29.1. The third-order valence-corrected chi connectivity index (χ3v) is 6.75. The average Bonchev–Trinajstić information content (AvgIpc) is 2.68. The zero-order chi connectivity index (χ0) is 20.0. The SMILES string of the molecule is CCC[C@H]1CC[C@H]([C@H]2CC[C@H](C=Cc3ccc(OC(F)(F)F)cc3)CC2)CC1. The van der Waals surface area contributed by atoms with Crippen molar-refractivity contribution in [2.45, 2.75) is 77.5 Å². The van der Waals surface area contributed by atoms with E-state index in [0.717, 1.165) is 23.3 Å². The second kappa shape index (κ2) is 9.84. The number of benzene rings is 1. The fourth-order valence-corrected chi connectivity index (χ4v) is 5.19. The van der Waals surface area contributed by atoms with Crippen molar-refractivity contribution >= 4 is 6.08 Å². The lowest BCUT2D eigenvalue weighted by Gasteiger charge is -2.37. The first kappa shape index (κ1) is 21.3. The molecule has 2 aliphatic carbocycles. The number of rotatable bonds is 6. The van der Waals surface area contributed by atoms with Gasteiger partial charge in [-0.1, -0.05) is 56.9 Å². The van der Waals surface area contributed by atoms with E-state index >= 15 is 0 Å². The Morgan fingerprint density at radius 2 is 1.46 bits per heavy atom. The maximum Gasteiger partial charge on any atom is 0.573 e. The van der Waals surface area contributed by atoms with E-state index in [0.29, 0.717) is 5.92 Å². The lowest BCUT2D eigenvalue weighted by molar-refractivity contribution is -0.274. The maximum atomic E-state index is 12.2. The van der Waals surface area contributed by atoms with E-state index in [1.807, 2.05) is 6.08 Å². The summed E-state index contributed by atoms with van der Waals surface area (Å²) in [5.74, 6) is 3.26. The molecule has 3 rings (SSSR count). The molecule has 2 aliphatic rings. The van der Waals surface area contributed by atoms with Crippen molar-refractivity contribution in [1.29, 1.82) is 0 Å². The summed E-state index contributed by atoms with van der Waals surface area (Å²) in [5.41, 5.74) is 0.922. The summed E-state index contributed by atoms with van der Waals surface area (Å²) < 4.78 is 40.6. The monoisotopic (exact) mass is 394 g/mol. The van der Waals surface area contributed by atoms with Gasteiger partial charge >= 0.3 is 6.36 Å². The molecule has 0 spiro atoms. The van der Waals surface area contributed by atoms with Crippen LogP contribution < -0.4 is 4.74 Å². The standard InChI is InChI=1S/C24H33F3O/c1-2-3-18-6-12-21(13-7-18)22-14-8-19(9-15-22)4-5-20-10-16-23(17-11-20)28-24(25,26)27/h4-5,10-11,16-19,21-22H,2-3,6-9,12-15H2,1H3/t18-,19-,21-,22-. The molecule has 0 radical (unpaired) electrons. The molecule has 2 fully saturated rings. The van der Waals surface area contributed by atoms with Crippen LogP contribution in [0.2, 0.25) is 0 Å². The summed E-state index contributed by atoms with van der Waals surface area (Å²) in [6, 6.07) is 6.10. The number of allylic oxidation sites excluding steroid dienone is 1. The minimum absolute atomic E-state index is 0.168. The minimum Gasteiger partial charge on any atom is -0.406 e. The van der Waals surface area contributed by atoms with Gasteiger partial charge in [0.15, 0.2) is 0 Å². The van der Waals surface area contributed by atoms with Crippen molar-refractivity contribution in [3.63, 3.8) is 0 Å². The van der Waals surface area contributed by atoms with Crippen LogP contribution in [0.1, 0.15) is 76.7 Å². The van der Waals surface area contributed by atoms with Gasteiger partial charge in [0.05, 0.1) is 0 Å². The largest absolute Gasteiger partial charge is 0.573 e. The van der Waals surface area contributed by atoms with Gasteiger partial charge in [0.2, 0.25) is 0 Å². The first-order valence-electron chi connectivity index (χ1n) is 11.0. The Balaban J connectivity index is 1.42. The van der Waals surface area contributed by atoms with Crippen molar-refractivity contribution in [3.8, 4) is 5.75 Å². The predicted molar refractivity (Wildman–Crippen MR) is 108 cm³/mol. The molecule has 0 aliphatic heterocycles. The first-order chi connectivity index (χ1) is 13.4. The molecule has 1 aromatic carbocycles. The Hall–Kier alpha value is -1.45. The van der Waals surface area contributed by atoms with Crippen LogP contribution in [0, 0.1) is 23.7 Å². The lowest BCUT2D eigenvalue weighted by atomic mass is 9.68. The van der Waals surface area contributed by atoms with E-state index in [9.17, 15) is 13.2 Å². The smallest absolute Gasteiger partial charge is 0.406 e. The highest BCUT2D eigenvalue weighted by Gasteiger charge is 2.31. The molecule has 0 amide bonds. The van der Waals surface area contributed by atoms with Crippen LogP contribution in [0.25, 0.3) is 6.08 Å². The van der Waals surface area contributed by atoms with Crippen LogP contribution in [0.15, 0.2) is 30.3 Å². The number of alkyl halides is 3. The van der Waals surface area contributed by atoms with Crippen LogP contribution in [-0.4, -0.2) is 6.36 Å². The lowest BCUT2D eigenvalue weighted by Crippen LogP contribution is -2.25. The Bertz CT molecular complexity index is 604. The van der Waals surface area contributed by atoms with E-state index in [1.54, 1.807) is 12.1 Å². The van der Waals surface area contributed by atoms with Crippen molar-refractivity contribution in [2.75, 3.05) is 0 Å². The fourth-order valence-electron chi connectivity index (χ4n) is 5.19. The fraction of sp³-hybridized carbons (Fsp3) is 0.667. The molecule has 0 heterocycles. The maximum absolute atomic E-state index is 12.2. The van der Waals surface area contributed by atoms with Gasteiger partial charge in [-0.05, 0) is 79.9 Å². The topological polar surface area (TPSA) is 9.23 Å². The highest BCUT2D eigenvalue weighted by Crippen LogP contribution is 2.42. The third-order valence-electron chi connectivity index (χ3n) is 6.75. The molecular weight excluding hydrogens is 361 g/mol. The molecule has 1 nitrogen and oxygen atoms in total. The molecule has 2 saturated carbocycles. The summed E-state index contributed by atoms with van der Waals surface area (Å²) in [6.07, 6.45) is 13.3. The summed E-state index contributed by atoms with van der Waals surface area (Å²) >= 11 is 0. The molecule has 1 aromatic rings.